The number of nitrogens with zero attached hydrogens (tertiary/aromatic N) is 1. The number of fused-ring (bicyclic) bond motifs is 5. The average Bonchev–Trinajstić information content (AvgIpc) is 3.57. The molecule has 0 spiro atoms. The first-order valence-electron chi connectivity index (χ1n) is 17.8. The average molecular weight is 667 g/mol. The summed E-state index contributed by atoms with van der Waals surface area (Å²) in [5, 5.41) is 8.05. The number of anilines is 3. The summed E-state index contributed by atoms with van der Waals surface area (Å²) in [4.78, 5) is 2.35. The van der Waals surface area contributed by atoms with Gasteiger partial charge in [0, 0.05) is 40.4 Å². The lowest BCUT2D eigenvalue weighted by atomic mass is 9.97. The van der Waals surface area contributed by atoms with E-state index >= 15 is 0 Å². The van der Waals surface area contributed by atoms with E-state index in [0.717, 1.165) is 51.1 Å². The zero-order valence-electron chi connectivity index (χ0n) is 28.5. The normalized spacial score (nSPS) is 12.2. The fourth-order valence-electron chi connectivity index (χ4n) is 7.68. The van der Waals surface area contributed by atoms with Crippen LogP contribution >= 0.6 is 0 Å². The van der Waals surface area contributed by atoms with Crippen molar-refractivity contribution in [3.8, 4) is 33.4 Å². The first-order chi connectivity index (χ1) is 25.7. The highest BCUT2D eigenvalue weighted by Gasteiger charge is 2.18. The van der Waals surface area contributed by atoms with E-state index in [1.165, 1.54) is 49.7 Å². The van der Waals surface area contributed by atoms with Crippen molar-refractivity contribution in [1.82, 2.24) is 5.32 Å². The van der Waals surface area contributed by atoms with Gasteiger partial charge in [0.2, 0.25) is 0 Å². The molecule has 10 rings (SSSR count). The van der Waals surface area contributed by atoms with Gasteiger partial charge in [-0.3, -0.25) is 0 Å². The van der Waals surface area contributed by atoms with Gasteiger partial charge < -0.3 is 14.6 Å². The van der Waals surface area contributed by atoms with E-state index in [1.54, 1.807) is 0 Å². The Morgan fingerprint density at radius 2 is 1.08 bits per heavy atom. The van der Waals surface area contributed by atoms with Crippen LogP contribution in [0.1, 0.15) is 11.1 Å². The van der Waals surface area contributed by atoms with Crippen LogP contribution in [0.15, 0.2) is 187 Å². The number of rotatable bonds is 6. The van der Waals surface area contributed by atoms with Crippen molar-refractivity contribution < 1.29 is 4.42 Å². The minimum absolute atomic E-state index is 0.802. The molecule has 0 saturated heterocycles. The van der Waals surface area contributed by atoms with E-state index in [0.29, 0.717) is 0 Å². The van der Waals surface area contributed by atoms with Gasteiger partial charge in [0.15, 0.2) is 0 Å². The number of nitrogens with one attached hydrogen (secondary N) is 1. The fraction of sp³-hybridized carbons (Fsp3) is 0.0204. The van der Waals surface area contributed by atoms with Crippen molar-refractivity contribution in [2.75, 3.05) is 4.90 Å². The zero-order valence-corrected chi connectivity index (χ0v) is 28.5. The predicted octanol–water partition coefficient (Wildman–Crippen LogP) is 13.3. The summed E-state index contributed by atoms with van der Waals surface area (Å²) in [6, 6.07) is 63.3. The molecule has 0 aliphatic carbocycles. The molecule has 0 saturated carbocycles. The van der Waals surface area contributed by atoms with Gasteiger partial charge in [0.1, 0.15) is 11.2 Å². The zero-order chi connectivity index (χ0) is 34.4. The monoisotopic (exact) mass is 666 g/mol. The molecule has 0 radical (unpaired) electrons. The van der Waals surface area contributed by atoms with Crippen LogP contribution in [0.2, 0.25) is 0 Å². The summed E-state index contributed by atoms with van der Waals surface area (Å²) < 4.78 is 6.58. The van der Waals surface area contributed by atoms with Gasteiger partial charge in [-0.15, -0.1) is 0 Å². The number of hydrogen-bond acceptors (Lipinski definition) is 3. The highest BCUT2D eigenvalue weighted by molar-refractivity contribution is 6.07. The van der Waals surface area contributed by atoms with Gasteiger partial charge in [-0.1, -0.05) is 121 Å². The molecule has 1 aliphatic rings. The van der Waals surface area contributed by atoms with Gasteiger partial charge in [-0.2, -0.15) is 0 Å². The molecular weight excluding hydrogens is 633 g/mol. The van der Waals surface area contributed by atoms with E-state index in [1.807, 2.05) is 6.20 Å². The fourth-order valence-corrected chi connectivity index (χ4v) is 7.68. The lowest BCUT2D eigenvalue weighted by molar-refractivity contribution is 0.667. The molecule has 0 unspecified atom stereocenters. The third-order valence-electron chi connectivity index (χ3n) is 10.3. The smallest absolute Gasteiger partial charge is 0.137 e. The van der Waals surface area contributed by atoms with Crippen LogP contribution in [-0.2, 0) is 6.54 Å². The maximum atomic E-state index is 6.58. The Kier molecular flexibility index (Phi) is 7.21. The van der Waals surface area contributed by atoms with Crippen LogP contribution in [0.25, 0.3) is 72.2 Å². The second-order valence-corrected chi connectivity index (χ2v) is 13.5. The first kappa shape index (κ1) is 30.0. The first-order valence-corrected chi connectivity index (χ1v) is 17.8. The Hall–Kier alpha value is -6.84. The summed E-state index contributed by atoms with van der Waals surface area (Å²) in [5.41, 5.74) is 14.6. The molecule has 0 atom stereocenters. The molecule has 246 valence electrons. The molecule has 1 aromatic heterocycles. The van der Waals surface area contributed by atoms with Crippen LogP contribution < -0.4 is 10.2 Å². The predicted molar refractivity (Wildman–Crippen MR) is 218 cm³/mol. The van der Waals surface area contributed by atoms with Gasteiger partial charge >= 0.3 is 0 Å². The van der Waals surface area contributed by atoms with Crippen LogP contribution in [0.3, 0.4) is 0 Å². The van der Waals surface area contributed by atoms with Crippen molar-refractivity contribution in [1.29, 1.82) is 0 Å². The Bertz CT molecular complexity index is 2790. The maximum Gasteiger partial charge on any atom is 0.137 e. The molecule has 9 aromatic rings. The van der Waals surface area contributed by atoms with Gasteiger partial charge in [-0.05, 0) is 116 Å². The topological polar surface area (TPSA) is 28.4 Å². The van der Waals surface area contributed by atoms with Crippen molar-refractivity contribution in [3.05, 3.63) is 193 Å². The molecule has 3 heteroatoms. The van der Waals surface area contributed by atoms with Crippen LogP contribution in [0.5, 0.6) is 0 Å². The standard InChI is InChI=1S/C49H34N2O/c1-2-9-33(10-3-1)34-19-21-35(22-20-34)37-13-6-15-41(27-37)51(42-16-7-14-39(28-42)45-18-8-12-36-11-4-5-17-44(36)45)43-23-24-46-47-29-38-25-26-50-32-40(38)30-48(47)52-49(46)31-43/h1-31,50H,32H2. The molecule has 3 nitrogen and oxygen atoms in total. The summed E-state index contributed by atoms with van der Waals surface area (Å²) in [7, 11) is 0. The third-order valence-corrected chi connectivity index (χ3v) is 10.3. The SMILES string of the molecule is C1=Cc2cc3c(cc2CN1)oc1cc(N(c2cccc(-c4ccc(-c5ccccc5)cc4)c2)c2cccc(-c4cccc5ccccc45)c2)ccc13. The molecule has 0 bridgehead atoms. The van der Waals surface area contributed by atoms with Gasteiger partial charge in [0.05, 0.1) is 0 Å². The van der Waals surface area contributed by atoms with Gasteiger partial charge in [0.25, 0.3) is 0 Å². The number of hydrogen-bond donors (Lipinski definition) is 1. The minimum Gasteiger partial charge on any atom is -0.456 e. The van der Waals surface area contributed by atoms with Crippen molar-refractivity contribution in [3.63, 3.8) is 0 Å². The number of furan rings is 1. The van der Waals surface area contributed by atoms with Crippen molar-refractivity contribution in [2.45, 2.75) is 6.54 Å². The summed E-state index contributed by atoms with van der Waals surface area (Å²) in [6.45, 7) is 0.802. The lowest BCUT2D eigenvalue weighted by Gasteiger charge is -2.26. The van der Waals surface area contributed by atoms with Crippen LogP contribution in [0.4, 0.5) is 17.1 Å². The molecule has 52 heavy (non-hydrogen) atoms. The third kappa shape index (κ3) is 5.31. The molecule has 2 heterocycles. The second-order valence-electron chi connectivity index (χ2n) is 13.5. The van der Waals surface area contributed by atoms with Gasteiger partial charge in [-0.25, -0.2) is 0 Å². The van der Waals surface area contributed by atoms with E-state index in [-0.39, 0.29) is 0 Å². The molecule has 1 N–H and O–H groups in total. The summed E-state index contributed by atoms with van der Waals surface area (Å²) in [6.07, 6.45) is 4.16. The Morgan fingerprint density at radius 3 is 1.92 bits per heavy atom. The van der Waals surface area contributed by atoms with E-state index < -0.39 is 0 Å². The highest BCUT2D eigenvalue weighted by atomic mass is 16.3. The Labute approximate surface area is 302 Å². The maximum absolute atomic E-state index is 6.58. The highest BCUT2D eigenvalue weighted by Crippen LogP contribution is 2.42. The van der Waals surface area contributed by atoms with Crippen molar-refractivity contribution in [2.24, 2.45) is 0 Å². The van der Waals surface area contributed by atoms with E-state index in [9.17, 15) is 0 Å². The molecule has 1 aliphatic heterocycles. The quantitative estimate of drug-likeness (QED) is 0.191. The minimum atomic E-state index is 0.802. The summed E-state index contributed by atoms with van der Waals surface area (Å²) >= 11 is 0. The summed E-state index contributed by atoms with van der Waals surface area (Å²) in [5.74, 6) is 0. The lowest BCUT2D eigenvalue weighted by Crippen LogP contribution is -2.10. The Morgan fingerprint density at radius 1 is 0.442 bits per heavy atom. The van der Waals surface area contributed by atoms with Crippen LogP contribution in [0, 0.1) is 0 Å². The number of benzene rings is 8. The molecular formula is C49H34N2O. The van der Waals surface area contributed by atoms with Crippen molar-refractivity contribution >= 4 is 55.8 Å². The largest absolute Gasteiger partial charge is 0.456 e. The molecule has 8 aromatic carbocycles. The molecule has 0 amide bonds. The Balaban J connectivity index is 1.11. The molecule has 0 fully saturated rings. The van der Waals surface area contributed by atoms with E-state index in [4.69, 9.17) is 4.42 Å². The van der Waals surface area contributed by atoms with Crippen LogP contribution in [-0.4, -0.2) is 0 Å². The van der Waals surface area contributed by atoms with E-state index in [2.05, 4.69) is 192 Å². The second kappa shape index (κ2) is 12.5.